The molecule has 0 saturated carbocycles. The van der Waals surface area contributed by atoms with E-state index >= 15 is 0 Å². The van der Waals surface area contributed by atoms with E-state index in [0.717, 1.165) is 19.3 Å². The molecule has 0 fully saturated rings. The highest BCUT2D eigenvalue weighted by atomic mass is 16.6. The first-order valence-electron chi connectivity index (χ1n) is 10.9. The van der Waals surface area contributed by atoms with Gasteiger partial charge in [-0.15, -0.1) is 0 Å². The van der Waals surface area contributed by atoms with Crippen LogP contribution in [-0.4, -0.2) is 94.9 Å². The van der Waals surface area contributed by atoms with Crippen molar-refractivity contribution in [2.24, 2.45) is 0 Å². The van der Waals surface area contributed by atoms with Crippen molar-refractivity contribution in [3.05, 3.63) is 0 Å². The molecule has 0 spiro atoms. The van der Waals surface area contributed by atoms with E-state index in [2.05, 4.69) is 6.92 Å². The Morgan fingerprint density at radius 1 is 0.562 bits per heavy atom. The van der Waals surface area contributed by atoms with Gasteiger partial charge in [-0.25, -0.2) is 4.79 Å². The third-order valence-corrected chi connectivity index (χ3v) is 3.88. The average Bonchev–Trinajstić information content (AvgIpc) is 2.77. The lowest BCUT2D eigenvalue weighted by molar-refractivity contribution is -0.151. The number of aliphatic carboxylic acids is 1. The lowest BCUT2D eigenvalue weighted by Gasteiger charge is -2.08. The number of hydrogen-bond donors (Lipinski definition) is 1. The van der Waals surface area contributed by atoms with Crippen molar-refractivity contribution < 1.29 is 52.7 Å². The summed E-state index contributed by atoms with van der Waals surface area (Å²) < 4.78 is 31.0. The van der Waals surface area contributed by atoms with Crippen LogP contribution in [0.4, 0.5) is 0 Å². The van der Waals surface area contributed by atoms with E-state index in [4.69, 9.17) is 33.5 Å². The average molecular weight is 465 g/mol. The molecule has 11 nitrogen and oxygen atoms in total. The fourth-order valence-electron chi connectivity index (χ4n) is 2.18. The largest absolute Gasteiger partial charge is 0.476 e. The summed E-state index contributed by atoms with van der Waals surface area (Å²) in [6.07, 6.45) is 2.75. The summed E-state index contributed by atoms with van der Waals surface area (Å²) in [5.41, 5.74) is 0. The van der Waals surface area contributed by atoms with E-state index in [-0.39, 0.29) is 38.6 Å². The van der Waals surface area contributed by atoms with Gasteiger partial charge in [0.1, 0.15) is 13.2 Å². The molecule has 11 heteroatoms. The highest BCUT2D eigenvalue weighted by Gasteiger charge is 2.14. The Balaban J connectivity index is 3.23. The minimum atomic E-state index is -1.56. The van der Waals surface area contributed by atoms with Crippen molar-refractivity contribution in [3.8, 4) is 0 Å². The fourth-order valence-corrected chi connectivity index (χ4v) is 2.18. The molecular formula is C21H36O11. The molecule has 186 valence electrons. The van der Waals surface area contributed by atoms with Crippen LogP contribution in [0, 0.1) is 0 Å². The van der Waals surface area contributed by atoms with Gasteiger partial charge in [0, 0.05) is 12.8 Å². The summed E-state index contributed by atoms with van der Waals surface area (Å²) in [6, 6.07) is 0. The molecule has 0 unspecified atom stereocenters. The van der Waals surface area contributed by atoms with Crippen LogP contribution in [0.2, 0.25) is 0 Å². The van der Waals surface area contributed by atoms with E-state index in [0.29, 0.717) is 52.7 Å². The number of esters is 2. The van der Waals surface area contributed by atoms with Gasteiger partial charge < -0.3 is 33.5 Å². The minimum absolute atomic E-state index is 0.0151. The second-order valence-corrected chi connectivity index (χ2v) is 6.58. The standard InChI is InChI=1S/C21H36O11/c1-2-3-4-5-19(23)31-16-14-29-12-10-27-8-9-28-11-13-30-15-17-32-20(24)7-6-18(22)21(25)26/h2-17H2,1H3,(H,25,26). The quantitative estimate of drug-likeness (QED) is 0.132. The number of carbonyl (C=O) groups is 4. The van der Waals surface area contributed by atoms with Crippen LogP contribution in [0.3, 0.4) is 0 Å². The van der Waals surface area contributed by atoms with E-state index in [1.165, 1.54) is 0 Å². The summed E-state index contributed by atoms with van der Waals surface area (Å²) in [5, 5.41) is 8.39. The highest BCUT2D eigenvalue weighted by Crippen LogP contribution is 2.00. The minimum Gasteiger partial charge on any atom is -0.476 e. The Bertz CT molecular complexity index is 522. The van der Waals surface area contributed by atoms with Gasteiger partial charge in [-0.05, 0) is 6.42 Å². The first-order chi connectivity index (χ1) is 15.5. The fraction of sp³-hybridized carbons (Fsp3) is 0.810. The van der Waals surface area contributed by atoms with Gasteiger partial charge >= 0.3 is 17.9 Å². The number of rotatable bonds is 23. The van der Waals surface area contributed by atoms with Crippen molar-refractivity contribution in [1.82, 2.24) is 0 Å². The SMILES string of the molecule is CCCCCC(=O)OCCOCCOCCOCCOCCOC(=O)CCC(=O)C(=O)O. The summed E-state index contributed by atoms with van der Waals surface area (Å²) in [7, 11) is 0. The van der Waals surface area contributed by atoms with Gasteiger partial charge in [-0.1, -0.05) is 19.8 Å². The third kappa shape index (κ3) is 21.2. The maximum absolute atomic E-state index is 11.4. The number of hydrogen-bond acceptors (Lipinski definition) is 10. The smallest absolute Gasteiger partial charge is 0.372 e. The maximum Gasteiger partial charge on any atom is 0.372 e. The molecule has 0 atom stereocenters. The predicted molar refractivity (Wildman–Crippen MR) is 111 cm³/mol. The number of Topliss-reactive ketones (excluding diaryl/α,β-unsaturated/α-hetero) is 1. The molecule has 0 amide bonds. The molecule has 0 saturated heterocycles. The van der Waals surface area contributed by atoms with E-state index in [1.54, 1.807) is 0 Å². The molecule has 0 aliphatic carbocycles. The number of carbonyl (C=O) groups excluding carboxylic acids is 3. The Hall–Kier alpha value is -2.08. The Labute approximate surface area is 188 Å². The zero-order chi connectivity index (χ0) is 23.9. The molecule has 0 aromatic carbocycles. The lowest BCUT2D eigenvalue weighted by atomic mass is 10.2. The topological polar surface area (TPSA) is 144 Å². The summed E-state index contributed by atoms with van der Waals surface area (Å²) >= 11 is 0. The molecule has 0 heterocycles. The van der Waals surface area contributed by atoms with Gasteiger partial charge in [0.25, 0.3) is 0 Å². The first-order valence-corrected chi connectivity index (χ1v) is 10.9. The number of ketones is 1. The molecule has 0 radical (unpaired) electrons. The molecule has 0 bridgehead atoms. The molecule has 0 rings (SSSR count). The maximum atomic E-state index is 11.4. The van der Waals surface area contributed by atoms with Crippen LogP contribution < -0.4 is 0 Å². The molecular weight excluding hydrogens is 428 g/mol. The molecule has 0 aliphatic rings. The van der Waals surface area contributed by atoms with Crippen LogP contribution in [0.1, 0.15) is 45.4 Å². The van der Waals surface area contributed by atoms with Crippen LogP contribution in [-0.2, 0) is 47.6 Å². The summed E-state index contributed by atoms with van der Waals surface area (Å²) in [6.45, 7) is 5.13. The molecule has 0 aliphatic heterocycles. The third-order valence-electron chi connectivity index (χ3n) is 3.88. The van der Waals surface area contributed by atoms with Crippen molar-refractivity contribution in [2.45, 2.75) is 45.4 Å². The van der Waals surface area contributed by atoms with Gasteiger partial charge in [-0.3, -0.25) is 14.4 Å². The Kier molecular flexibility index (Phi) is 20.7. The summed E-state index contributed by atoms with van der Waals surface area (Å²) in [4.78, 5) is 43.8. The first kappa shape index (κ1) is 29.9. The molecule has 1 N–H and O–H groups in total. The second kappa shape index (κ2) is 22.1. The second-order valence-electron chi connectivity index (χ2n) is 6.58. The zero-order valence-electron chi connectivity index (χ0n) is 18.8. The predicted octanol–water partition coefficient (Wildman–Crippen LogP) is 1.15. The molecule has 0 aromatic heterocycles. The van der Waals surface area contributed by atoms with Crippen molar-refractivity contribution in [3.63, 3.8) is 0 Å². The van der Waals surface area contributed by atoms with E-state index < -0.39 is 17.7 Å². The highest BCUT2D eigenvalue weighted by molar-refractivity contribution is 6.32. The molecule has 0 aromatic rings. The van der Waals surface area contributed by atoms with Crippen molar-refractivity contribution in [2.75, 3.05) is 66.1 Å². The molecule has 32 heavy (non-hydrogen) atoms. The van der Waals surface area contributed by atoms with Crippen LogP contribution in [0.15, 0.2) is 0 Å². The zero-order valence-corrected chi connectivity index (χ0v) is 18.8. The monoisotopic (exact) mass is 464 g/mol. The van der Waals surface area contributed by atoms with E-state index in [9.17, 15) is 19.2 Å². The van der Waals surface area contributed by atoms with Crippen LogP contribution >= 0.6 is 0 Å². The van der Waals surface area contributed by atoms with Gasteiger partial charge in [0.2, 0.25) is 5.78 Å². The number of carboxylic acid groups (broad SMARTS) is 1. The number of ether oxygens (including phenoxy) is 6. The lowest BCUT2D eigenvalue weighted by Crippen LogP contribution is -2.17. The Morgan fingerprint density at radius 3 is 1.38 bits per heavy atom. The van der Waals surface area contributed by atoms with Gasteiger partial charge in [0.15, 0.2) is 0 Å². The van der Waals surface area contributed by atoms with E-state index in [1.807, 2.05) is 0 Å². The van der Waals surface area contributed by atoms with Gasteiger partial charge in [0.05, 0.1) is 59.3 Å². The normalized spacial score (nSPS) is 10.7. The number of unbranched alkanes of at least 4 members (excludes halogenated alkanes) is 2. The van der Waals surface area contributed by atoms with Gasteiger partial charge in [-0.2, -0.15) is 0 Å². The summed E-state index contributed by atoms with van der Waals surface area (Å²) in [5.74, 6) is -3.43. The van der Waals surface area contributed by atoms with Crippen LogP contribution in [0.5, 0.6) is 0 Å². The van der Waals surface area contributed by atoms with Crippen LogP contribution in [0.25, 0.3) is 0 Å². The van der Waals surface area contributed by atoms with Crippen molar-refractivity contribution >= 4 is 23.7 Å². The Morgan fingerprint density at radius 2 is 0.969 bits per heavy atom. The number of carboxylic acids is 1. The van der Waals surface area contributed by atoms with Crippen molar-refractivity contribution in [1.29, 1.82) is 0 Å².